The number of piperazine rings is 1. The highest BCUT2D eigenvalue weighted by molar-refractivity contribution is 5.43. The van der Waals surface area contributed by atoms with E-state index in [1.165, 1.54) is 37.7 Å². The molecule has 0 aromatic heterocycles. The van der Waals surface area contributed by atoms with Crippen LogP contribution < -0.4 is 9.47 Å². The molecule has 176 valence electrons. The van der Waals surface area contributed by atoms with E-state index in [4.69, 9.17) is 14.6 Å². The second-order valence-electron chi connectivity index (χ2n) is 8.86. The van der Waals surface area contributed by atoms with E-state index in [1.807, 2.05) is 12.1 Å². The normalized spacial score (nSPS) is 20.7. The molecule has 2 saturated heterocycles. The van der Waals surface area contributed by atoms with Gasteiger partial charge in [0.25, 0.3) is 0 Å². The molecule has 1 aromatic rings. The first kappa shape index (κ1) is 24.3. The quantitative estimate of drug-likeness (QED) is 0.581. The van der Waals surface area contributed by atoms with Crippen molar-refractivity contribution in [1.82, 2.24) is 14.7 Å². The van der Waals surface area contributed by atoms with Gasteiger partial charge in [-0.3, -0.25) is 9.80 Å². The van der Waals surface area contributed by atoms with Crippen molar-refractivity contribution in [2.45, 2.75) is 44.8 Å². The number of aliphatic hydroxyl groups excluding tert-OH is 2. The Bertz CT molecular complexity index is 629. The van der Waals surface area contributed by atoms with Gasteiger partial charge in [-0.1, -0.05) is 25.3 Å². The van der Waals surface area contributed by atoms with Crippen molar-refractivity contribution in [3.8, 4) is 11.5 Å². The maximum absolute atomic E-state index is 10.5. The Hall–Kier alpha value is -1.38. The number of benzene rings is 1. The number of β-amino-alcohol motifs (C(OH)–C–C–N with tert-alkyl or cyclic N) is 2. The van der Waals surface area contributed by atoms with E-state index in [2.05, 4.69) is 20.8 Å². The number of likely N-dealkylation sites (tertiary alicyclic amines) is 1. The van der Waals surface area contributed by atoms with Gasteiger partial charge in [0.1, 0.15) is 12.7 Å². The summed E-state index contributed by atoms with van der Waals surface area (Å²) in [5.41, 5.74) is 1.20. The third-order valence-corrected chi connectivity index (χ3v) is 6.36. The molecule has 2 N–H and O–H groups in total. The first-order chi connectivity index (χ1) is 15.2. The van der Waals surface area contributed by atoms with Gasteiger partial charge >= 0.3 is 0 Å². The fraction of sp³-hybridized carbons (Fsp3) is 0.750. The molecular weight excluding hydrogens is 394 g/mol. The van der Waals surface area contributed by atoms with Gasteiger partial charge in [0.15, 0.2) is 11.5 Å². The van der Waals surface area contributed by atoms with Crippen LogP contribution in [0.3, 0.4) is 0 Å². The lowest BCUT2D eigenvalue weighted by Gasteiger charge is -2.34. The summed E-state index contributed by atoms with van der Waals surface area (Å²) in [4.78, 5) is 7.09. The van der Waals surface area contributed by atoms with Crippen LogP contribution in [0, 0.1) is 0 Å². The van der Waals surface area contributed by atoms with Gasteiger partial charge < -0.3 is 24.6 Å². The number of hydrogen-bond donors (Lipinski definition) is 2. The molecule has 1 unspecified atom stereocenters. The molecule has 0 radical (unpaired) electrons. The largest absolute Gasteiger partial charge is 0.493 e. The summed E-state index contributed by atoms with van der Waals surface area (Å²) < 4.78 is 11.5. The third kappa shape index (κ3) is 8.24. The van der Waals surface area contributed by atoms with Crippen LogP contribution in [-0.4, -0.2) is 104 Å². The van der Waals surface area contributed by atoms with Crippen LogP contribution in [-0.2, 0) is 6.54 Å². The van der Waals surface area contributed by atoms with Crippen LogP contribution in [0.15, 0.2) is 18.2 Å². The zero-order valence-electron chi connectivity index (χ0n) is 19.2. The molecule has 7 nitrogen and oxygen atoms in total. The molecule has 0 bridgehead atoms. The predicted octanol–water partition coefficient (Wildman–Crippen LogP) is 1.81. The maximum atomic E-state index is 10.5. The van der Waals surface area contributed by atoms with Crippen molar-refractivity contribution >= 4 is 0 Å². The minimum Gasteiger partial charge on any atom is -0.493 e. The van der Waals surface area contributed by atoms with Crippen molar-refractivity contribution < 1.29 is 19.7 Å². The van der Waals surface area contributed by atoms with Crippen LogP contribution in [0.25, 0.3) is 0 Å². The topological polar surface area (TPSA) is 68.6 Å². The van der Waals surface area contributed by atoms with Crippen molar-refractivity contribution in [2.75, 3.05) is 72.7 Å². The SMILES string of the molecule is COc1cc(CN2CCN(CCO)CC2)ccc1OCC(O)CN1CCCCCCC1. The molecule has 2 fully saturated rings. The monoisotopic (exact) mass is 435 g/mol. The van der Waals surface area contributed by atoms with Crippen LogP contribution in [0.2, 0.25) is 0 Å². The second kappa shape index (κ2) is 13.2. The molecule has 3 rings (SSSR count). The number of ether oxygens (including phenoxy) is 2. The molecule has 7 heteroatoms. The average molecular weight is 436 g/mol. The summed E-state index contributed by atoms with van der Waals surface area (Å²) in [5.74, 6) is 1.40. The first-order valence-corrected chi connectivity index (χ1v) is 11.9. The van der Waals surface area contributed by atoms with E-state index >= 15 is 0 Å². The summed E-state index contributed by atoms with van der Waals surface area (Å²) in [6.07, 6.45) is 5.88. The number of hydrogen-bond acceptors (Lipinski definition) is 7. The van der Waals surface area contributed by atoms with Gasteiger partial charge in [-0.05, 0) is 43.6 Å². The smallest absolute Gasteiger partial charge is 0.161 e. The van der Waals surface area contributed by atoms with E-state index in [0.29, 0.717) is 12.3 Å². The number of aliphatic hydroxyl groups is 2. The van der Waals surface area contributed by atoms with Crippen LogP contribution in [0.5, 0.6) is 11.5 Å². The number of rotatable bonds is 10. The highest BCUT2D eigenvalue weighted by Gasteiger charge is 2.18. The summed E-state index contributed by atoms with van der Waals surface area (Å²) >= 11 is 0. The Morgan fingerprint density at radius 1 is 0.871 bits per heavy atom. The summed E-state index contributed by atoms with van der Waals surface area (Å²) in [7, 11) is 1.66. The first-order valence-electron chi connectivity index (χ1n) is 11.9. The Labute approximate surface area is 187 Å². The lowest BCUT2D eigenvalue weighted by atomic mass is 10.1. The highest BCUT2D eigenvalue weighted by atomic mass is 16.5. The van der Waals surface area contributed by atoms with E-state index in [-0.39, 0.29) is 13.2 Å². The van der Waals surface area contributed by atoms with Gasteiger partial charge in [-0.15, -0.1) is 0 Å². The average Bonchev–Trinajstić information content (AvgIpc) is 2.76. The van der Waals surface area contributed by atoms with Crippen molar-refractivity contribution in [3.05, 3.63) is 23.8 Å². The molecule has 0 spiro atoms. The van der Waals surface area contributed by atoms with Gasteiger partial charge in [-0.25, -0.2) is 0 Å². The van der Waals surface area contributed by atoms with E-state index in [9.17, 15) is 5.11 Å². The lowest BCUT2D eigenvalue weighted by Crippen LogP contribution is -2.46. The Balaban J connectivity index is 1.46. The van der Waals surface area contributed by atoms with Crippen molar-refractivity contribution in [1.29, 1.82) is 0 Å². The standard InChI is InChI=1S/C24H41N3O4/c1-30-24-17-21(18-27-13-11-25(12-14-27)15-16-28)7-8-23(24)31-20-22(29)19-26-9-5-3-2-4-6-10-26/h7-8,17,22,28-29H,2-6,9-16,18-20H2,1H3. The highest BCUT2D eigenvalue weighted by Crippen LogP contribution is 2.29. The van der Waals surface area contributed by atoms with E-state index < -0.39 is 6.10 Å². The summed E-state index contributed by atoms with van der Waals surface area (Å²) in [5, 5.41) is 19.6. The maximum Gasteiger partial charge on any atom is 0.161 e. The molecule has 0 saturated carbocycles. The molecule has 1 aromatic carbocycles. The zero-order chi connectivity index (χ0) is 21.9. The Morgan fingerprint density at radius 3 is 2.23 bits per heavy atom. The van der Waals surface area contributed by atoms with Crippen LogP contribution in [0.1, 0.15) is 37.7 Å². The molecule has 0 aliphatic carbocycles. The number of methoxy groups -OCH3 is 1. The zero-order valence-corrected chi connectivity index (χ0v) is 19.2. The molecule has 2 heterocycles. The van der Waals surface area contributed by atoms with Crippen molar-refractivity contribution in [2.24, 2.45) is 0 Å². The molecule has 1 atom stereocenters. The van der Waals surface area contributed by atoms with Gasteiger partial charge in [0.2, 0.25) is 0 Å². The van der Waals surface area contributed by atoms with Gasteiger partial charge in [0.05, 0.1) is 13.7 Å². The third-order valence-electron chi connectivity index (χ3n) is 6.36. The fourth-order valence-electron chi connectivity index (χ4n) is 4.53. The summed E-state index contributed by atoms with van der Waals surface area (Å²) in [6, 6.07) is 6.09. The Morgan fingerprint density at radius 2 is 1.55 bits per heavy atom. The van der Waals surface area contributed by atoms with Gasteiger partial charge in [0, 0.05) is 45.8 Å². The second-order valence-corrected chi connectivity index (χ2v) is 8.86. The minimum absolute atomic E-state index is 0.228. The molecule has 31 heavy (non-hydrogen) atoms. The molecular formula is C24H41N3O4. The fourth-order valence-corrected chi connectivity index (χ4v) is 4.53. The Kier molecular flexibility index (Phi) is 10.4. The van der Waals surface area contributed by atoms with E-state index in [1.54, 1.807) is 7.11 Å². The van der Waals surface area contributed by atoms with Crippen LogP contribution in [0.4, 0.5) is 0 Å². The lowest BCUT2D eigenvalue weighted by molar-refractivity contribution is 0.0644. The van der Waals surface area contributed by atoms with Crippen LogP contribution >= 0.6 is 0 Å². The molecule has 0 amide bonds. The summed E-state index contributed by atoms with van der Waals surface area (Å²) in [6.45, 7) is 8.95. The predicted molar refractivity (Wildman–Crippen MR) is 123 cm³/mol. The molecule has 2 aliphatic rings. The van der Waals surface area contributed by atoms with Crippen molar-refractivity contribution in [3.63, 3.8) is 0 Å². The molecule has 2 aliphatic heterocycles. The minimum atomic E-state index is -0.501. The number of nitrogens with zero attached hydrogens (tertiary/aromatic N) is 3. The van der Waals surface area contributed by atoms with E-state index in [0.717, 1.165) is 58.1 Å². The van der Waals surface area contributed by atoms with Gasteiger partial charge in [-0.2, -0.15) is 0 Å².